The first-order chi connectivity index (χ1) is 13.9. The van der Waals surface area contributed by atoms with Gasteiger partial charge in [-0.25, -0.2) is 31.9 Å². The van der Waals surface area contributed by atoms with Crippen molar-refractivity contribution in [2.75, 3.05) is 31.2 Å². The molecule has 2 aromatic rings. The Morgan fingerprint density at radius 3 is 2.69 bits per heavy atom. The van der Waals surface area contributed by atoms with Crippen LogP contribution in [-0.4, -0.2) is 50.7 Å². The number of hydrogen-bond acceptors (Lipinski definition) is 6. The Bertz CT molecular complexity index is 983. The van der Waals surface area contributed by atoms with Gasteiger partial charge in [-0.1, -0.05) is 0 Å². The van der Waals surface area contributed by atoms with Gasteiger partial charge in [0.1, 0.15) is 16.5 Å². The Morgan fingerprint density at radius 2 is 1.93 bits per heavy atom. The van der Waals surface area contributed by atoms with Crippen LogP contribution in [0.5, 0.6) is 0 Å². The van der Waals surface area contributed by atoms with E-state index >= 15 is 0 Å². The summed E-state index contributed by atoms with van der Waals surface area (Å²) in [6.07, 6.45) is 4.09. The van der Waals surface area contributed by atoms with Crippen LogP contribution in [0.15, 0.2) is 35.4 Å². The monoisotopic (exact) mass is 424 g/mol. The largest absolute Gasteiger partial charge is 0.381 e. The number of benzene rings is 1. The van der Waals surface area contributed by atoms with E-state index in [1.807, 2.05) is 11.0 Å². The first kappa shape index (κ1) is 20.1. The van der Waals surface area contributed by atoms with Gasteiger partial charge in [-0.05, 0) is 37.5 Å². The molecule has 1 aromatic carbocycles. The zero-order valence-corrected chi connectivity index (χ0v) is 16.5. The molecule has 10 heteroatoms. The number of anilines is 1. The van der Waals surface area contributed by atoms with Gasteiger partial charge in [-0.15, -0.1) is 0 Å². The molecule has 1 N–H and O–H groups in total. The van der Waals surface area contributed by atoms with Crippen LogP contribution >= 0.6 is 0 Å². The Hall–Kier alpha value is -2.17. The van der Waals surface area contributed by atoms with E-state index in [1.165, 1.54) is 0 Å². The summed E-state index contributed by atoms with van der Waals surface area (Å²) < 4.78 is 59.8. The van der Waals surface area contributed by atoms with E-state index in [9.17, 15) is 17.2 Å². The van der Waals surface area contributed by atoms with Crippen LogP contribution in [0.1, 0.15) is 30.9 Å². The molecule has 2 fully saturated rings. The lowest BCUT2D eigenvalue weighted by Crippen LogP contribution is -2.37. The molecule has 7 nitrogen and oxygen atoms in total. The fourth-order valence-corrected chi connectivity index (χ4v) is 5.07. The Morgan fingerprint density at radius 1 is 1.14 bits per heavy atom. The van der Waals surface area contributed by atoms with E-state index in [0.29, 0.717) is 37.4 Å². The molecule has 0 amide bonds. The van der Waals surface area contributed by atoms with Crippen molar-refractivity contribution < 1.29 is 21.9 Å². The molecule has 0 saturated carbocycles. The summed E-state index contributed by atoms with van der Waals surface area (Å²) in [5.74, 6) is -1.04. The zero-order chi connectivity index (χ0) is 20.4. The van der Waals surface area contributed by atoms with Crippen LogP contribution in [0.4, 0.5) is 14.7 Å². The molecule has 0 radical (unpaired) electrons. The molecule has 0 bridgehead atoms. The first-order valence-corrected chi connectivity index (χ1v) is 11.0. The van der Waals surface area contributed by atoms with E-state index < -0.39 is 32.6 Å². The lowest BCUT2D eigenvalue weighted by molar-refractivity contribution is 0.0845. The standard InChI is InChI=1S/C19H22F2N4O3S/c20-14-1-2-18(16(21)11-14)29(26,27)24-15-4-8-25(12-15)19-22-7-3-17(23-19)13-5-9-28-10-6-13/h1-3,7,11,13,15,24H,4-6,8-10,12H2. The maximum absolute atomic E-state index is 13.9. The van der Waals surface area contributed by atoms with Crippen LogP contribution in [0.2, 0.25) is 0 Å². The fraction of sp³-hybridized carbons (Fsp3) is 0.474. The lowest BCUT2D eigenvalue weighted by Gasteiger charge is -2.23. The van der Waals surface area contributed by atoms with Gasteiger partial charge < -0.3 is 9.64 Å². The number of sulfonamides is 1. The Kier molecular flexibility index (Phi) is 5.75. The highest BCUT2D eigenvalue weighted by molar-refractivity contribution is 7.89. The summed E-state index contributed by atoms with van der Waals surface area (Å²) in [5, 5.41) is 0. The van der Waals surface area contributed by atoms with Crippen molar-refractivity contribution in [3.05, 3.63) is 47.8 Å². The summed E-state index contributed by atoms with van der Waals surface area (Å²) >= 11 is 0. The normalized spacial score (nSPS) is 20.9. The summed E-state index contributed by atoms with van der Waals surface area (Å²) in [6, 6.07) is 3.91. The predicted molar refractivity (Wildman–Crippen MR) is 102 cm³/mol. The summed E-state index contributed by atoms with van der Waals surface area (Å²) in [5.41, 5.74) is 0.968. The molecule has 0 spiro atoms. The third kappa shape index (κ3) is 4.54. The van der Waals surface area contributed by atoms with Crippen LogP contribution in [0, 0.1) is 11.6 Å². The maximum atomic E-state index is 13.9. The van der Waals surface area contributed by atoms with Gasteiger partial charge in [-0.3, -0.25) is 0 Å². The molecular weight excluding hydrogens is 402 g/mol. The van der Waals surface area contributed by atoms with Gasteiger partial charge >= 0.3 is 0 Å². The van der Waals surface area contributed by atoms with E-state index in [-0.39, 0.29) is 0 Å². The molecule has 156 valence electrons. The fourth-order valence-electron chi connectivity index (χ4n) is 3.75. The minimum absolute atomic E-state index is 0.337. The summed E-state index contributed by atoms with van der Waals surface area (Å²) in [4.78, 5) is 10.4. The highest BCUT2D eigenvalue weighted by atomic mass is 32.2. The van der Waals surface area contributed by atoms with Crippen molar-refractivity contribution in [1.29, 1.82) is 0 Å². The van der Waals surface area contributed by atoms with E-state index in [1.54, 1.807) is 6.20 Å². The van der Waals surface area contributed by atoms with Crippen molar-refractivity contribution in [2.24, 2.45) is 0 Å². The zero-order valence-electron chi connectivity index (χ0n) is 15.7. The third-order valence-electron chi connectivity index (χ3n) is 5.28. The van der Waals surface area contributed by atoms with Gasteiger partial charge in [0.05, 0.1) is 0 Å². The second kappa shape index (κ2) is 8.29. The second-order valence-electron chi connectivity index (χ2n) is 7.30. The SMILES string of the molecule is O=S(=O)(NC1CCN(c2nccc(C3CCOCC3)n2)C1)c1ccc(F)cc1F. The first-order valence-electron chi connectivity index (χ1n) is 9.55. The minimum atomic E-state index is -4.10. The topological polar surface area (TPSA) is 84.4 Å². The van der Waals surface area contributed by atoms with Crippen LogP contribution in [0.25, 0.3) is 0 Å². The van der Waals surface area contributed by atoms with Crippen molar-refractivity contribution in [3.63, 3.8) is 0 Å². The van der Waals surface area contributed by atoms with Crippen LogP contribution in [0.3, 0.4) is 0 Å². The smallest absolute Gasteiger partial charge is 0.243 e. The number of nitrogens with one attached hydrogen (secondary N) is 1. The van der Waals surface area contributed by atoms with Crippen molar-refractivity contribution in [3.8, 4) is 0 Å². The molecule has 1 unspecified atom stereocenters. The number of rotatable bonds is 5. The minimum Gasteiger partial charge on any atom is -0.381 e. The third-order valence-corrected chi connectivity index (χ3v) is 6.83. The molecule has 1 aromatic heterocycles. The number of aromatic nitrogens is 2. The Balaban J connectivity index is 1.44. The molecule has 4 rings (SSSR count). The van der Waals surface area contributed by atoms with Gasteiger partial charge in [0, 0.05) is 56.2 Å². The van der Waals surface area contributed by atoms with E-state index in [0.717, 1.165) is 43.9 Å². The van der Waals surface area contributed by atoms with Crippen molar-refractivity contribution >= 4 is 16.0 Å². The molecule has 2 aliphatic rings. The van der Waals surface area contributed by atoms with Gasteiger partial charge in [0.15, 0.2) is 0 Å². The molecule has 3 heterocycles. The predicted octanol–water partition coefficient (Wildman–Crippen LogP) is 2.21. The molecule has 2 saturated heterocycles. The number of nitrogens with zero attached hydrogens (tertiary/aromatic N) is 3. The summed E-state index contributed by atoms with van der Waals surface area (Å²) in [6.45, 7) is 2.39. The molecule has 2 aliphatic heterocycles. The van der Waals surface area contributed by atoms with Crippen molar-refractivity contribution in [2.45, 2.75) is 36.1 Å². The van der Waals surface area contributed by atoms with Crippen LogP contribution < -0.4 is 9.62 Å². The Labute approximate surface area is 168 Å². The van der Waals surface area contributed by atoms with Crippen LogP contribution in [-0.2, 0) is 14.8 Å². The van der Waals surface area contributed by atoms with E-state index in [4.69, 9.17) is 4.74 Å². The van der Waals surface area contributed by atoms with Gasteiger partial charge in [-0.2, -0.15) is 0 Å². The molecule has 1 atom stereocenters. The quantitative estimate of drug-likeness (QED) is 0.792. The molecular formula is C19H22F2N4O3S. The molecule has 0 aliphatic carbocycles. The average Bonchev–Trinajstić information content (AvgIpc) is 3.16. The number of ether oxygens (including phenoxy) is 1. The average molecular weight is 424 g/mol. The number of halogens is 2. The maximum Gasteiger partial charge on any atom is 0.243 e. The highest BCUT2D eigenvalue weighted by Crippen LogP contribution is 2.27. The summed E-state index contributed by atoms with van der Waals surface area (Å²) in [7, 11) is -4.10. The lowest BCUT2D eigenvalue weighted by atomic mass is 9.96. The number of hydrogen-bond donors (Lipinski definition) is 1. The van der Waals surface area contributed by atoms with Gasteiger partial charge in [0.25, 0.3) is 0 Å². The van der Waals surface area contributed by atoms with Gasteiger partial charge in [0.2, 0.25) is 16.0 Å². The van der Waals surface area contributed by atoms with E-state index in [2.05, 4.69) is 14.7 Å². The van der Waals surface area contributed by atoms with Crippen molar-refractivity contribution in [1.82, 2.24) is 14.7 Å². The second-order valence-corrected chi connectivity index (χ2v) is 8.98. The molecule has 29 heavy (non-hydrogen) atoms. The highest BCUT2D eigenvalue weighted by Gasteiger charge is 2.30.